The zero-order valence-corrected chi connectivity index (χ0v) is 22.2. The maximum absolute atomic E-state index is 11.5. The molecule has 0 saturated carbocycles. The Kier molecular flexibility index (Phi) is 10.7. The van der Waals surface area contributed by atoms with E-state index in [1.165, 1.54) is 0 Å². The van der Waals surface area contributed by atoms with Crippen molar-refractivity contribution in [3.8, 4) is 17.2 Å². The number of halogens is 3. The van der Waals surface area contributed by atoms with Gasteiger partial charge in [0.25, 0.3) is 0 Å². The minimum absolute atomic E-state index is 0.0875. The average molecular weight is 583 g/mol. The summed E-state index contributed by atoms with van der Waals surface area (Å²) in [5.74, 6) is -0.308. The molecule has 1 aliphatic heterocycles. The van der Waals surface area contributed by atoms with E-state index < -0.39 is 18.1 Å². The number of alkyl halides is 3. The molecule has 222 valence electrons. The van der Waals surface area contributed by atoms with Crippen LogP contribution in [0.2, 0.25) is 0 Å². The molecule has 0 saturated heterocycles. The molecule has 1 atom stereocenters. The molecule has 3 heterocycles. The number of aliphatic carboxylic acids is 2. The molecule has 12 nitrogen and oxygen atoms in total. The van der Waals surface area contributed by atoms with Crippen LogP contribution in [0.25, 0.3) is 0 Å². The monoisotopic (exact) mass is 582 g/mol. The van der Waals surface area contributed by atoms with Crippen LogP contribution in [0.15, 0.2) is 34.9 Å². The predicted molar refractivity (Wildman–Crippen MR) is 136 cm³/mol. The van der Waals surface area contributed by atoms with E-state index in [1.54, 1.807) is 32.4 Å². The number of carboxylic acids is 2. The summed E-state index contributed by atoms with van der Waals surface area (Å²) in [5, 5.41) is 23.9. The van der Waals surface area contributed by atoms with Crippen molar-refractivity contribution in [2.75, 3.05) is 32.7 Å². The van der Waals surface area contributed by atoms with Crippen LogP contribution in [0.4, 0.5) is 19.0 Å². The molecule has 0 amide bonds. The van der Waals surface area contributed by atoms with Gasteiger partial charge in [0.1, 0.15) is 18.1 Å². The Morgan fingerprint density at radius 2 is 1.76 bits per heavy atom. The zero-order valence-electron chi connectivity index (χ0n) is 22.2. The van der Waals surface area contributed by atoms with Crippen molar-refractivity contribution in [1.82, 2.24) is 15.1 Å². The van der Waals surface area contributed by atoms with Crippen molar-refractivity contribution >= 4 is 17.8 Å². The number of anilines is 1. The summed E-state index contributed by atoms with van der Waals surface area (Å²) in [7, 11) is 3.11. The van der Waals surface area contributed by atoms with Crippen LogP contribution in [-0.4, -0.2) is 70.8 Å². The Hall–Kier alpha value is -4.56. The number of nitrogens with zero attached hydrogens (tertiary/aromatic N) is 3. The van der Waals surface area contributed by atoms with Gasteiger partial charge in [-0.3, -0.25) is 4.79 Å². The van der Waals surface area contributed by atoms with E-state index in [1.807, 2.05) is 12.1 Å². The second kappa shape index (κ2) is 14.2. The molecular weight excluding hydrogens is 553 g/mol. The van der Waals surface area contributed by atoms with Gasteiger partial charge in [-0.15, -0.1) is 0 Å². The van der Waals surface area contributed by atoms with Crippen LogP contribution >= 0.6 is 0 Å². The molecule has 0 aliphatic carbocycles. The van der Waals surface area contributed by atoms with Gasteiger partial charge in [-0.05, 0) is 42.7 Å². The molecule has 1 unspecified atom stereocenters. The van der Waals surface area contributed by atoms with E-state index in [4.69, 9.17) is 28.6 Å². The molecule has 15 heteroatoms. The number of ether oxygens (including phenoxy) is 3. The first-order chi connectivity index (χ1) is 19.5. The number of methoxy groups -OCH3 is 2. The third-order valence-corrected chi connectivity index (χ3v) is 5.84. The summed E-state index contributed by atoms with van der Waals surface area (Å²) < 4.78 is 53.4. The number of fused-ring (bicyclic) bond motifs is 1. The Morgan fingerprint density at radius 1 is 1.07 bits per heavy atom. The highest BCUT2D eigenvalue weighted by atomic mass is 19.4. The van der Waals surface area contributed by atoms with Crippen LogP contribution in [0.1, 0.15) is 41.7 Å². The number of nitrogens with one attached hydrogen (secondary N) is 1. The zero-order chi connectivity index (χ0) is 30.0. The largest absolute Gasteiger partial charge is 0.497 e. The normalized spacial score (nSPS) is 13.0. The van der Waals surface area contributed by atoms with E-state index in [-0.39, 0.29) is 12.3 Å². The minimum Gasteiger partial charge on any atom is -0.497 e. The lowest BCUT2D eigenvalue weighted by Gasteiger charge is -2.18. The fourth-order valence-corrected chi connectivity index (χ4v) is 3.90. The second-order valence-corrected chi connectivity index (χ2v) is 8.83. The van der Waals surface area contributed by atoms with Crippen LogP contribution in [0.3, 0.4) is 0 Å². The number of carboxylic acid groups (broad SMARTS) is 2. The van der Waals surface area contributed by atoms with E-state index in [2.05, 4.69) is 20.4 Å². The fourth-order valence-electron chi connectivity index (χ4n) is 3.90. The van der Waals surface area contributed by atoms with Gasteiger partial charge in [0.15, 0.2) is 17.4 Å². The molecule has 0 bridgehead atoms. The molecule has 1 aromatic carbocycles. The highest BCUT2D eigenvalue weighted by Gasteiger charge is 2.38. The maximum Gasteiger partial charge on any atom is 0.490 e. The Morgan fingerprint density at radius 3 is 2.37 bits per heavy atom. The standard InChI is InChI=1S/C24H28N4O6.C2HF3O2/c1-31-18-10-15(11-19(14-18)32-2)16(13-23(29)30)12-22-27-21(28-34-22)5-3-4-17-6-7-20-24(26-17)25-8-9-33-20;3-2(4,5)1(6)7/h6-7,10-11,14,16H,3-5,8-9,12-13H2,1-2H3,(H,25,26)(H,29,30);(H,6,7). The summed E-state index contributed by atoms with van der Waals surface area (Å²) in [6, 6.07) is 9.25. The fraction of sp³-hybridized carbons (Fsp3) is 0.423. The van der Waals surface area contributed by atoms with Gasteiger partial charge in [-0.25, -0.2) is 9.78 Å². The summed E-state index contributed by atoms with van der Waals surface area (Å²) >= 11 is 0. The minimum atomic E-state index is -5.08. The lowest BCUT2D eigenvalue weighted by atomic mass is 9.92. The second-order valence-electron chi connectivity index (χ2n) is 8.83. The Bertz CT molecular complexity index is 1310. The molecule has 0 radical (unpaired) electrons. The van der Waals surface area contributed by atoms with Crippen LogP contribution in [0, 0.1) is 0 Å². The van der Waals surface area contributed by atoms with Crippen LogP contribution < -0.4 is 19.5 Å². The number of hydrogen-bond donors (Lipinski definition) is 3. The van der Waals surface area contributed by atoms with Crippen molar-refractivity contribution < 1.29 is 51.7 Å². The summed E-state index contributed by atoms with van der Waals surface area (Å²) in [6.45, 7) is 1.40. The van der Waals surface area contributed by atoms with Crippen molar-refractivity contribution in [3.63, 3.8) is 0 Å². The number of aryl methyl sites for hydroxylation is 2. The predicted octanol–water partition coefficient (Wildman–Crippen LogP) is 3.90. The van der Waals surface area contributed by atoms with Gasteiger partial charge in [-0.1, -0.05) is 5.16 Å². The SMILES string of the molecule is COc1cc(OC)cc(C(CC(=O)O)Cc2nc(CCCc3ccc4c(n3)NCCO4)no2)c1.O=C(O)C(F)(F)F. The number of aromatic nitrogens is 3. The molecule has 41 heavy (non-hydrogen) atoms. The van der Waals surface area contributed by atoms with E-state index >= 15 is 0 Å². The van der Waals surface area contributed by atoms with E-state index in [0.29, 0.717) is 42.7 Å². The molecular formula is C26H29F3N4O8. The van der Waals surface area contributed by atoms with E-state index in [0.717, 1.165) is 42.2 Å². The van der Waals surface area contributed by atoms with Crippen molar-refractivity contribution in [2.45, 2.75) is 44.2 Å². The first-order valence-corrected chi connectivity index (χ1v) is 12.4. The highest BCUT2D eigenvalue weighted by Crippen LogP contribution is 2.31. The molecule has 3 N–H and O–H groups in total. The highest BCUT2D eigenvalue weighted by molar-refractivity contribution is 5.73. The molecule has 0 spiro atoms. The summed E-state index contributed by atoms with van der Waals surface area (Å²) in [4.78, 5) is 29.5. The first kappa shape index (κ1) is 31.0. The number of carbonyl (C=O) groups is 2. The van der Waals surface area contributed by atoms with Gasteiger partial charge < -0.3 is 34.3 Å². The van der Waals surface area contributed by atoms with E-state index in [9.17, 15) is 23.1 Å². The van der Waals surface area contributed by atoms with Gasteiger partial charge in [0.2, 0.25) is 5.89 Å². The Labute approximate surface area is 232 Å². The lowest BCUT2D eigenvalue weighted by Crippen LogP contribution is -2.21. The van der Waals surface area contributed by atoms with Crippen molar-refractivity contribution in [3.05, 3.63) is 53.3 Å². The van der Waals surface area contributed by atoms with Gasteiger partial charge >= 0.3 is 18.1 Å². The number of benzene rings is 1. The van der Waals surface area contributed by atoms with Gasteiger partial charge in [0.05, 0.1) is 27.2 Å². The van der Waals surface area contributed by atoms with Crippen LogP contribution in [-0.2, 0) is 28.9 Å². The van der Waals surface area contributed by atoms with Gasteiger partial charge in [0, 0.05) is 30.5 Å². The third kappa shape index (κ3) is 9.54. The third-order valence-electron chi connectivity index (χ3n) is 5.84. The summed E-state index contributed by atoms with van der Waals surface area (Å²) in [5.41, 5.74) is 1.74. The quantitative estimate of drug-likeness (QED) is 0.299. The molecule has 4 rings (SSSR count). The number of rotatable bonds is 11. The molecule has 3 aromatic rings. The number of hydrogen-bond acceptors (Lipinski definition) is 10. The molecule has 2 aromatic heterocycles. The van der Waals surface area contributed by atoms with Crippen molar-refractivity contribution in [2.24, 2.45) is 0 Å². The van der Waals surface area contributed by atoms with Crippen molar-refractivity contribution in [1.29, 1.82) is 0 Å². The summed E-state index contributed by atoms with van der Waals surface area (Å²) in [6.07, 6.45) is -2.67. The molecule has 0 fully saturated rings. The Balaban J connectivity index is 0.000000587. The topological polar surface area (TPSA) is 166 Å². The van der Waals surface area contributed by atoms with Crippen LogP contribution in [0.5, 0.6) is 17.2 Å². The molecule has 1 aliphatic rings. The number of pyridine rings is 1. The average Bonchev–Trinajstić information content (AvgIpc) is 3.39. The first-order valence-electron chi connectivity index (χ1n) is 12.4. The van der Waals surface area contributed by atoms with Gasteiger partial charge in [-0.2, -0.15) is 18.2 Å². The lowest BCUT2D eigenvalue weighted by molar-refractivity contribution is -0.192. The smallest absolute Gasteiger partial charge is 0.490 e. The maximum atomic E-state index is 11.5.